The standard InChI is InChI=1S/C20H24N4OS/c1-13-3-6-17-18(24(13)2)8-7-16(14(11-21)12-23-15-4-5-15)19(17)25-20-22-9-10-26-20/h7-13,15H,3-6,21H2,1-2H3. The lowest BCUT2D eigenvalue weighted by Crippen LogP contribution is -2.33. The Morgan fingerprint density at radius 2 is 2.23 bits per heavy atom. The summed E-state index contributed by atoms with van der Waals surface area (Å²) in [6.45, 7) is 2.26. The normalized spacial score (nSPS) is 20.5. The highest BCUT2D eigenvalue weighted by Gasteiger charge is 2.26. The van der Waals surface area contributed by atoms with E-state index in [0.717, 1.165) is 29.7 Å². The molecule has 0 saturated heterocycles. The molecule has 1 aliphatic carbocycles. The second-order valence-corrected chi connectivity index (χ2v) is 7.83. The van der Waals surface area contributed by atoms with Gasteiger partial charge in [0.1, 0.15) is 5.75 Å². The molecule has 0 bridgehead atoms. The molecule has 2 aliphatic rings. The molecule has 0 radical (unpaired) electrons. The molecule has 1 saturated carbocycles. The lowest BCUT2D eigenvalue weighted by molar-refractivity contribution is 0.464. The van der Waals surface area contributed by atoms with Crippen LogP contribution >= 0.6 is 11.3 Å². The van der Waals surface area contributed by atoms with Gasteiger partial charge < -0.3 is 15.4 Å². The second kappa shape index (κ2) is 7.11. The van der Waals surface area contributed by atoms with E-state index in [1.165, 1.54) is 35.4 Å². The summed E-state index contributed by atoms with van der Waals surface area (Å²) in [6.07, 6.45) is 9.69. The number of ether oxygens (including phenoxy) is 1. The number of aromatic nitrogens is 1. The van der Waals surface area contributed by atoms with Crippen molar-refractivity contribution in [3.63, 3.8) is 0 Å². The van der Waals surface area contributed by atoms with Gasteiger partial charge in [0.2, 0.25) is 0 Å². The van der Waals surface area contributed by atoms with Gasteiger partial charge in [-0.15, -0.1) is 0 Å². The van der Waals surface area contributed by atoms with Crippen LogP contribution in [0.1, 0.15) is 37.3 Å². The largest absolute Gasteiger partial charge is 0.430 e. The third-order valence-corrected chi connectivity index (χ3v) is 5.80. The number of hydrogen-bond acceptors (Lipinski definition) is 6. The van der Waals surface area contributed by atoms with Crippen molar-refractivity contribution >= 4 is 28.8 Å². The Labute approximate surface area is 158 Å². The molecule has 4 rings (SSSR count). The SMILES string of the molecule is CC1CCc2c(ccc(C(C=NC3CC3)=CN)c2Oc2nccs2)N1C. The van der Waals surface area contributed by atoms with Crippen molar-refractivity contribution in [1.29, 1.82) is 0 Å². The molecule has 1 unspecified atom stereocenters. The molecule has 136 valence electrons. The second-order valence-electron chi connectivity index (χ2n) is 6.97. The number of hydrogen-bond donors (Lipinski definition) is 1. The lowest BCUT2D eigenvalue weighted by atomic mass is 9.92. The predicted octanol–water partition coefficient (Wildman–Crippen LogP) is 4.24. The first-order valence-electron chi connectivity index (χ1n) is 9.09. The van der Waals surface area contributed by atoms with Crippen molar-refractivity contribution in [2.75, 3.05) is 11.9 Å². The van der Waals surface area contributed by atoms with Crippen LogP contribution in [0.25, 0.3) is 5.57 Å². The molecule has 0 spiro atoms. The first-order valence-corrected chi connectivity index (χ1v) is 9.97. The van der Waals surface area contributed by atoms with Gasteiger partial charge in [-0.3, -0.25) is 4.99 Å². The summed E-state index contributed by atoms with van der Waals surface area (Å²) in [6, 6.07) is 5.23. The van der Waals surface area contributed by atoms with Crippen molar-refractivity contribution in [3.05, 3.63) is 41.0 Å². The monoisotopic (exact) mass is 368 g/mol. The maximum atomic E-state index is 6.26. The van der Waals surface area contributed by atoms with Crippen molar-refractivity contribution in [1.82, 2.24) is 4.98 Å². The quantitative estimate of drug-likeness (QED) is 0.802. The van der Waals surface area contributed by atoms with Crippen molar-refractivity contribution in [2.24, 2.45) is 10.7 Å². The van der Waals surface area contributed by atoms with Crippen LogP contribution < -0.4 is 15.4 Å². The molecule has 1 aliphatic heterocycles. The highest BCUT2D eigenvalue weighted by Crippen LogP contribution is 2.42. The number of allylic oxidation sites excluding steroid dienone is 1. The first-order chi connectivity index (χ1) is 12.7. The van der Waals surface area contributed by atoms with Crippen LogP contribution in [0.3, 0.4) is 0 Å². The number of nitrogens with two attached hydrogens (primary N) is 1. The smallest absolute Gasteiger partial charge is 0.278 e. The number of thiazole rings is 1. The van der Waals surface area contributed by atoms with E-state index in [2.05, 4.69) is 41.0 Å². The Morgan fingerprint density at radius 3 is 2.92 bits per heavy atom. The molecule has 1 aromatic heterocycles. The molecule has 2 N–H and O–H groups in total. The number of anilines is 1. The Morgan fingerprint density at radius 1 is 1.38 bits per heavy atom. The number of fused-ring (bicyclic) bond motifs is 1. The van der Waals surface area contributed by atoms with E-state index in [0.29, 0.717) is 17.3 Å². The zero-order valence-corrected chi connectivity index (χ0v) is 16.0. The summed E-state index contributed by atoms with van der Waals surface area (Å²) >= 11 is 1.49. The van der Waals surface area contributed by atoms with E-state index < -0.39 is 0 Å². The maximum absolute atomic E-state index is 6.26. The summed E-state index contributed by atoms with van der Waals surface area (Å²) in [5.74, 6) is 0.857. The summed E-state index contributed by atoms with van der Waals surface area (Å²) in [4.78, 5) is 11.2. The molecule has 5 nitrogen and oxygen atoms in total. The lowest BCUT2D eigenvalue weighted by Gasteiger charge is -2.35. The summed E-state index contributed by atoms with van der Waals surface area (Å²) < 4.78 is 6.26. The van der Waals surface area contributed by atoms with Gasteiger partial charge >= 0.3 is 0 Å². The van der Waals surface area contributed by atoms with Gasteiger partial charge in [0.15, 0.2) is 0 Å². The minimum Gasteiger partial charge on any atom is -0.430 e. The van der Waals surface area contributed by atoms with E-state index in [9.17, 15) is 0 Å². The van der Waals surface area contributed by atoms with Crippen LogP contribution in [0, 0.1) is 0 Å². The average Bonchev–Trinajstić information content (AvgIpc) is 3.34. The van der Waals surface area contributed by atoms with Crippen molar-refractivity contribution in [3.8, 4) is 10.9 Å². The molecule has 0 amide bonds. The summed E-state index contributed by atoms with van der Waals surface area (Å²) in [7, 11) is 2.14. The zero-order valence-electron chi connectivity index (χ0n) is 15.2. The van der Waals surface area contributed by atoms with E-state index in [1.54, 1.807) is 12.4 Å². The third-order valence-electron chi connectivity index (χ3n) is 5.15. The topological polar surface area (TPSA) is 63.7 Å². The zero-order chi connectivity index (χ0) is 18.1. The number of aliphatic imine (C=N–C) groups is 1. The average molecular weight is 369 g/mol. The van der Waals surface area contributed by atoms with Crippen LogP contribution in [-0.4, -0.2) is 30.3 Å². The molecule has 2 aromatic rings. The number of benzene rings is 1. The van der Waals surface area contributed by atoms with Crippen LogP contribution in [-0.2, 0) is 6.42 Å². The first kappa shape index (κ1) is 17.1. The van der Waals surface area contributed by atoms with Gasteiger partial charge in [-0.25, -0.2) is 4.98 Å². The molecule has 2 heterocycles. The molecule has 1 atom stereocenters. The highest BCUT2D eigenvalue weighted by molar-refractivity contribution is 7.11. The Balaban J connectivity index is 1.79. The highest BCUT2D eigenvalue weighted by atomic mass is 32.1. The van der Waals surface area contributed by atoms with Crippen LogP contribution in [0.15, 0.2) is 34.9 Å². The van der Waals surface area contributed by atoms with Crippen molar-refractivity contribution in [2.45, 2.75) is 44.7 Å². The van der Waals surface area contributed by atoms with Gasteiger partial charge in [0.05, 0.1) is 6.04 Å². The van der Waals surface area contributed by atoms with Crippen LogP contribution in [0.5, 0.6) is 10.9 Å². The molecular weight excluding hydrogens is 344 g/mol. The van der Waals surface area contributed by atoms with Gasteiger partial charge in [0.25, 0.3) is 5.19 Å². The van der Waals surface area contributed by atoms with E-state index in [1.807, 2.05) is 11.6 Å². The molecule has 6 heteroatoms. The van der Waals surface area contributed by atoms with Crippen molar-refractivity contribution < 1.29 is 4.74 Å². The maximum Gasteiger partial charge on any atom is 0.278 e. The Bertz CT molecular complexity index is 840. The van der Waals surface area contributed by atoms with Crippen LogP contribution in [0.2, 0.25) is 0 Å². The fourth-order valence-electron chi connectivity index (χ4n) is 3.28. The molecule has 26 heavy (non-hydrogen) atoms. The van der Waals surface area contributed by atoms with Gasteiger partial charge in [-0.05, 0) is 44.7 Å². The fourth-order valence-corrected chi connectivity index (χ4v) is 3.77. The minimum atomic E-state index is 0.456. The van der Waals surface area contributed by atoms with Crippen LogP contribution in [0.4, 0.5) is 5.69 Å². The predicted molar refractivity (Wildman–Crippen MR) is 108 cm³/mol. The van der Waals surface area contributed by atoms with E-state index in [-0.39, 0.29) is 0 Å². The fraction of sp³-hybridized carbons (Fsp3) is 0.400. The summed E-state index contributed by atoms with van der Waals surface area (Å²) in [5.41, 5.74) is 10.3. The van der Waals surface area contributed by atoms with Gasteiger partial charge in [-0.1, -0.05) is 11.3 Å². The summed E-state index contributed by atoms with van der Waals surface area (Å²) in [5, 5.41) is 2.57. The number of nitrogens with zero attached hydrogens (tertiary/aromatic N) is 3. The van der Waals surface area contributed by atoms with Gasteiger partial charge in [-0.2, -0.15) is 0 Å². The van der Waals surface area contributed by atoms with E-state index in [4.69, 9.17) is 10.5 Å². The molecular formula is C20H24N4OS. The molecule has 1 fully saturated rings. The molecule has 1 aromatic carbocycles. The minimum absolute atomic E-state index is 0.456. The number of rotatable bonds is 5. The van der Waals surface area contributed by atoms with E-state index >= 15 is 0 Å². The van der Waals surface area contributed by atoms with Gasteiger partial charge in [0, 0.05) is 59.5 Å². The Kier molecular flexibility index (Phi) is 4.68. The Hall–Kier alpha value is -2.34. The third kappa shape index (κ3) is 3.33.